The van der Waals surface area contributed by atoms with Crippen LogP contribution in [0.2, 0.25) is 0 Å². The van der Waals surface area contributed by atoms with Crippen LogP contribution in [0.4, 0.5) is 5.69 Å². The summed E-state index contributed by atoms with van der Waals surface area (Å²) in [7, 11) is 0. The fourth-order valence-corrected chi connectivity index (χ4v) is 2.42. The summed E-state index contributed by atoms with van der Waals surface area (Å²) in [6.07, 6.45) is 0. The van der Waals surface area contributed by atoms with Crippen LogP contribution >= 0.6 is 0 Å². The Hall–Kier alpha value is -1.76. The highest BCUT2D eigenvalue weighted by atomic mass is 14.9. The molecule has 0 radical (unpaired) electrons. The molecule has 0 fully saturated rings. The number of aryl methyl sites for hydroxylation is 3. The number of benzene rings is 2. The van der Waals surface area contributed by atoms with Crippen LogP contribution < -0.4 is 5.32 Å². The minimum Gasteiger partial charge on any atom is -0.381 e. The van der Waals surface area contributed by atoms with E-state index >= 15 is 0 Å². The van der Waals surface area contributed by atoms with Crippen molar-refractivity contribution in [3.8, 4) is 0 Å². The summed E-state index contributed by atoms with van der Waals surface area (Å²) >= 11 is 0. The lowest BCUT2D eigenvalue weighted by Gasteiger charge is -2.13. The van der Waals surface area contributed by atoms with E-state index in [2.05, 4.69) is 76.3 Å². The molecular weight excluding hydrogens is 242 g/mol. The molecule has 1 N–H and O–H groups in total. The molecule has 0 saturated carbocycles. The molecule has 0 saturated heterocycles. The van der Waals surface area contributed by atoms with Gasteiger partial charge >= 0.3 is 0 Å². The maximum absolute atomic E-state index is 3.54. The lowest BCUT2D eigenvalue weighted by molar-refractivity contribution is 0.866. The molecule has 0 aliphatic rings. The van der Waals surface area contributed by atoms with Gasteiger partial charge in [-0.1, -0.05) is 38.1 Å². The number of hydrogen-bond donors (Lipinski definition) is 1. The van der Waals surface area contributed by atoms with Gasteiger partial charge < -0.3 is 5.32 Å². The van der Waals surface area contributed by atoms with Crippen molar-refractivity contribution in [2.75, 3.05) is 5.32 Å². The maximum Gasteiger partial charge on any atom is 0.0403 e. The van der Waals surface area contributed by atoms with E-state index in [1.54, 1.807) is 0 Å². The minimum absolute atomic E-state index is 0.570. The fourth-order valence-electron chi connectivity index (χ4n) is 2.42. The van der Waals surface area contributed by atoms with Crippen molar-refractivity contribution in [1.29, 1.82) is 0 Å². The molecule has 1 nitrogen and oxygen atoms in total. The van der Waals surface area contributed by atoms with Gasteiger partial charge in [-0.15, -0.1) is 0 Å². The smallest absolute Gasteiger partial charge is 0.0403 e. The van der Waals surface area contributed by atoms with Gasteiger partial charge in [-0.2, -0.15) is 0 Å². The van der Waals surface area contributed by atoms with Gasteiger partial charge in [0.2, 0.25) is 0 Å². The average Bonchev–Trinajstić information content (AvgIpc) is 2.41. The minimum atomic E-state index is 0.570. The molecule has 2 aromatic carbocycles. The molecule has 0 bridgehead atoms. The Balaban J connectivity index is 2.13. The molecule has 0 unspecified atom stereocenters. The van der Waals surface area contributed by atoms with Crippen LogP contribution in [-0.4, -0.2) is 0 Å². The summed E-state index contributed by atoms with van der Waals surface area (Å²) in [4.78, 5) is 0. The largest absolute Gasteiger partial charge is 0.381 e. The van der Waals surface area contributed by atoms with Crippen LogP contribution in [-0.2, 0) is 6.54 Å². The van der Waals surface area contributed by atoms with Crippen molar-refractivity contribution < 1.29 is 0 Å². The van der Waals surface area contributed by atoms with Crippen LogP contribution in [0.1, 0.15) is 47.6 Å². The highest BCUT2D eigenvalue weighted by molar-refractivity contribution is 5.48. The van der Waals surface area contributed by atoms with E-state index in [0.717, 1.165) is 6.54 Å². The molecule has 2 rings (SSSR count). The van der Waals surface area contributed by atoms with Crippen molar-refractivity contribution in [1.82, 2.24) is 0 Å². The second-order valence-electron chi connectivity index (χ2n) is 6.00. The Morgan fingerprint density at radius 3 is 2.30 bits per heavy atom. The Morgan fingerprint density at radius 1 is 0.900 bits per heavy atom. The summed E-state index contributed by atoms with van der Waals surface area (Å²) in [5, 5.41) is 3.54. The van der Waals surface area contributed by atoms with Gasteiger partial charge in [0.25, 0.3) is 0 Å². The van der Waals surface area contributed by atoms with E-state index < -0.39 is 0 Å². The van der Waals surface area contributed by atoms with Crippen LogP contribution in [0.15, 0.2) is 36.4 Å². The summed E-state index contributed by atoms with van der Waals surface area (Å²) in [6, 6.07) is 13.3. The third-order valence-corrected chi connectivity index (χ3v) is 3.99. The standard InChI is InChI=1S/C19H25N/c1-13(2)17-7-6-8-19(11-17)20-12-18-10-15(4)14(3)9-16(18)5/h6-11,13,20H,12H2,1-5H3. The van der Waals surface area contributed by atoms with Crippen molar-refractivity contribution in [3.05, 3.63) is 64.2 Å². The molecule has 0 heterocycles. The number of nitrogens with one attached hydrogen (secondary N) is 1. The summed E-state index contributed by atoms with van der Waals surface area (Å²) in [6.45, 7) is 11.9. The molecule has 0 atom stereocenters. The third kappa shape index (κ3) is 3.41. The fraction of sp³-hybridized carbons (Fsp3) is 0.368. The predicted molar refractivity (Wildman–Crippen MR) is 88.5 cm³/mol. The number of rotatable bonds is 4. The Bertz CT molecular complexity index is 597. The SMILES string of the molecule is Cc1cc(C)c(CNc2cccc(C(C)C)c2)cc1C. The zero-order valence-corrected chi connectivity index (χ0v) is 13.2. The molecular formula is C19H25N. The van der Waals surface area contributed by atoms with E-state index in [9.17, 15) is 0 Å². The molecule has 0 aliphatic heterocycles. The lowest BCUT2D eigenvalue weighted by Crippen LogP contribution is -2.03. The second-order valence-corrected chi connectivity index (χ2v) is 6.00. The first-order valence-electron chi connectivity index (χ1n) is 7.38. The first kappa shape index (κ1) is 14.6. The van der Waals surface area contributed by atoms with E-state index in [1.165, 1.54) is 33.5 Å². The van der Waals surface area contributed by atoms with Crippen LogP contribution in [0.3, 0.4) is 0 Å². The van der Waals surface area contributed by atoms with Gasteiger partial charge in [-0.3, -0.25) is 0 Å². The van der Waals surface area contributed by atoms with Crippen LogP contribution in [0.5, 0.6) is 0 Å². The zero-order chi connectivity index (χ0) is 14.7. The van der Waals surface area contributed by atoms with Crippen molar-refractivity contribution in [2.24, 2.45) is 0 Å². The third-order valence-electron chi connectivity index (χ3n) is 3.99. The molecule has 0 spiro atoms. The van der Waals surface area contributed by atoms with Crippen LogP contribution in [0, 0.1) is 20.8 Å². The Labute approximate surface area is 123 Å². The first-order chi connectivity index (χ1) is 9.47. The summed E-state index contributed by atoms with van der Waals surface area (Å²) in [5.74, 6) is 0.570. The summed E-state index contributed by atoms with van der Waals surface area (Å²) < 4.78 is 0. The molecule has 0 aromatic heterocycles. The monoisotopic (exact) mass is 267 g/mol. The Morgan fingerprint density at radius 2 is 1.60 bits per heavy atom. The lowest BCUT2D eigenvalue weighted by atomic mass is 10.0. The maximum atomic E-state index is 3.54. The molecule has 0 amide bonds. The molecule has 2 aromatic rings. The van der Waals surface area contributed by atoms with Crippen molar-refractivity contribution in [2.45, 2.75) is 47.1 Å². The van der Waals surface area contributed by atoms with Gasteiger partial charge in [0.15, 0.2) is 0 Å². The molecule has 1 heteroatoms. The van der Waals surface area contributed by atoms with Gasteiger partial charge in [0.05, 0.1) is 0 Å². The van der Waals surface area contributed by atoms with E-state index in [1.807, 2.05) is 0 Å². The quantitative estimate of drug-likeness (QED) is 0.787. The highest BCUT2D eigenvalue weighted by Crippen LogP contribution is 2.20. The molecule has 0 aliphatic carbocycles. The van der Waals surface area contributed by atoms with Crippen molar-refractivity contribution in [3.63, 3.8) is 0 Å². The highest BCUT2D eigenvalue weighted by Gasteiger charge is 2.03. The number of hydrogen-bond acceptors (Lipinski definition) is 1. The number of anilines is 1. The van der Waals surface area contributed by atoms with E-state index in [0.29, 0.717) is 5.92 Å². The van der Waals surface area contributed by atoms with E-state index in [-0.39, 0.29) is 0 Å². The van der Waals surface area contributed by atoms with Gasteiger partial charge in [0, 0.05) is 12.2 Å². The van der Waals surface area contributed by atoms with Crippen LogP contribution in [0.25, 0.3) is 0 Å². The van der Waals surface area contributed by atoms with Gasteiger partial charge in [0.1, 0.15) is 0 Å². The van der Waals surface area contributed by atoms with Crippen molar-refractivity contribution >= 4 is 5.69 Å². The zero-order valence-electron chi connectivity index (χ0n) is 13.2. The predicted octanol–water partition coefficient (Wildman–Crippen LogP) is 5.35. The first-order valence-corrected chi connectivity index (χ1v) is 7.38. The average molecular weight is 267 g/mol. The molecule has 20 heavy (non-hydrogen) atoms. The summed E-state index contributed by atoms with van der Waals surface area (Å²) in [5.41, 5.74) is 8.06. The topological polar surface area (TPSA) is 12.0 Å². The normalized spacial score (nSPS) is 10.9. The second kappa shape index (κ2) is 6.13. The Kier molecular flexibility index (Phi) is 4.49. The van der Waals surface area contributed by atoms with Gasteiger partial charge in [-0.05, 0) is 66.6 Å². The van der Waals surface area contributed by atoms with Gasteiger partial charge in [-0.25, -0.2) is 0 Å². The molecule has 106 valence electrons. The van der Waals surface area contributed by atoms with E-state index in [4.69, 9.17) is 0 Å².